The van der Waals surface area contributed by atoms with Crippen molar-refractivity contribution in [3.05, 3.63) is 0 Å². The number of carbonyl (C=O) groups excluding carboxylic acids is 1. The first-order valence-electron chi connectivity index (χ1n) is 8.77. The third-order valence-electron chi connectivity index (χ3n) is 6.08. The first-order chi connectivity index (χ1) is 9.80. The minimum atomic E-state index is -0.404. The van der Waals surface area contributed by atoms with E-state index in [9.17, 15) is 9.90 Å². The van der Waals surface area contributed by atoms with Crippen LogP contribution in [-0.4, -0.2) is 23.7 Å². The smallest absolute Gasteiger partial charge is 0.226 e. The molecule has 4 aliphatic rings. The summed E-state index contributed by atoms with van der Waals surface area (Å²) in [4.78, 5) is 12.8. The molecule has 2 N–H and O–H groups in total. The second kappa shape index (κ2) is 5.26. The summed E-state index contributed by atoms with van der Waals surface area (Å²) < 4.78 is 0. The van der Waals surface area contributed by atoms with Crippen LogP contribution in [-0.2, 0) is 4.79 Å². The van der Waals surface area contributed by atoms with Gasteiger partial charge in [0.15, 0.2) is 0 Å². The Bertz CT molecular complexity index is 403. The van der Waals surface area contributed by atoms with Gasteiger partial charge in [-0.25, -0.2) is 0 Å². The van der Waals surface area contributed by atoms with Crippen LogP contribution in [0.25, 0.3) is 0 Å². The van der Waals surface area contributed by atoms with Gasteiger partial charge in [0.25, 0.3) is 0 Å². The summed E-state index contributed by atoms with van der Waals surface area (Å²) in [6, 6.07) is 0. The van der Waals surface area contributed by atoms with Crippen LogP contribution in [0.2, 0.25) is 0 Å². The summed E-state index contributed by atoms with van der Waals surface area (Å²) in [7, 11) is 0. The van der Waals surface area contributed by atoms with Crippen LogP contribution in [0.3, 0.4) is 0 Å². The molecule has 4 bridgehead atoms. The molecule has 0 aromatic heterocycles. The number of aliphatic hydroxyl groups excluding tert-OH is 1. The van der Waals surface area contributed by atoms with E-state index in [2.05, 4.69) is 26.1 Å². The Labute approximate surface area is 128 Å². The predicted molar refractivity (Wildman–Crippen MR) is 83.7 cm³/mol. The van der Waals surface area contributed by atoms with Gasteiger partial charge in [0.1, 0.15) is 0 Å². The first kappa shape index (κ1) is 15.3. The lowest BCUT2D eigenvalue weighted by molar-refractivity contribution is -0.155. The first-order valence-corrected chi connectivity index (χ1v) is 8.77. The molecule has 120 valence electrons. The van der Waals surface area contributed by atoms with Gasteiger partial charge in [0.05, 0.1) is 11.5 Å². The highest BCUT2D eigenvalue weighted by Crippen LogP contribution is 2.65. The van der Waals surface area contributed by atoms with Crippen LogP contribution in [0.4, 0.5) is 0 Å². The van der Waals surface area contributed by atoms with Crippen molar-refractivity contribution in [1.82, 2.24) is 5.32 Å². The quantitative estimate of drug-likeness (QED) is 0.818. The van der Waals surface area contributed by atoms with Crippen molar-refractivity contribution in [2.75, 3.05) is 6.54 Å². The Kier molecular flexibility index (Phi) is 3.84. The normalized spacial score (nSPS) is 42.3. The van der Waals surface area contributed by atoms with Crippen molar-refractivity contribution >= 4 is 5.91 Å². The lowest BCUT2D eigenvalue weighted by Gasteiger charge is -2.60. The van der Waals surface area contributed by atoms with E-state index in [4.69, 9.17) is 0 Å². The Balaban J connectivity index is 1.62. The van der Waals surface area contributed by atoms with Gasteiger partial charge < -0.3 is 10.4 Å². The van der Waals surface area contributed by atoms with Crippen molar-refractivity contribution in [2.45, 2.75) is 71.8 Å². The molecule has 4 rings (SSSR count). The van der Waals surface area contributed by atoms with Crippen LogP contribution < -0.4 is 5.32 Å². The molecule has 4 fully saturated rings. The monoisotopic (exact) mass is 293 g/mol. The molecule has 3 unspecified atom stereocenters. The maximum Gasteiger partial charge on any atom is 0.226 e. The predicted octanol–water partition coefficient (Wildman–Crippen LogP) is 3.12. The van der Waals surface area contributed by atoms with E-state index in [1.165, 1.54) is 19.3 Å². The number of carbonyl (C=O) groups is 1. The Morgan fingerprint density at radius 1 is 1.24 bits per heavy atom. The summed E-state index contributed by atoms with van der Waals surface area (Å²) in [5.41, 5.74) is 0.286. The second-order valence-corrected chi connectivity index (χ2v) is 9.05. The lowest BCUT2D eigenvalue weighted by atomic mass is 9.44. The molecular weight excluding hydrogens is 262 g/mol. The zero-order valence-corrected chi connectivity index (χ0v) is 13.8. The largest absolute Gasteiger partial charge is 0.391 e. The van der Waals surface area contributed by atoms with E-state index < -0.39 is 6.10 Å². The van der Waals surface area contributed by atoms with Crippen LogP contribution in [0.15, 0.2) is 0 Å². The van der Waals surface area contributed by atoms with Crippen molar-refractivity contribution in [3.63, 3.8) is 0 Å². The average molecular weight is 293 g/mol. The zero-order valence-electron chi connectivity index (χ0n) is 13.8. The van der Waals surface area contributed by atoms with Gasteiger partial charge in [0, 0.05) is 6.54 Å². The number of nitrogens with one attached hydrogen (secondary N) is 1. The molecule has 0 aliphatic heterocycles. The number of hydrogen-bond donors (Lipinski definition) is 2. The van der Waals surface area contributed by atoms with E-state index >= 15 is 0 Å². The molecule has 0 heterocycles. The minimum absolute atomic E-state index is 0.115. The van der Waals surface area contributed by atoms with Crippen LogP contribution in [0.5, 0.6) is 0 Å². The Morgan fingerprint density at radius 3 is 2.38 bits per heavy atom. The van der Waals surface area contributed by atoms with Gasteiger partial charge in [-0.15, -0.1) is 0 Å². The summed E-state index contributed by atoms with van der Waals surface area (Å²) in [6.07, 6.45) is 7.61. The third-order valence-corrected chi connectivity index (χ3v) is 6.08. The minimum Gasteiger partial charge on any atom is -0.391 e. The second-order valence-electron chi connectivity index (χ2n) is 9.05. The number of aliphatic hydroxyl groups is 1. The molecule has 3 atom stereocenters. The molecule has 0 radical (unpaired) electrons. The molecule has 0 saturated heterocycles. The van der Waals surface area contributed by atoms with Gasteiger partial charge in [-0.3, -0.25) is 4.79 Å². The van der Waals surface area contributed by atoms with E-state index in [0.29, 0.717) is 17.9 Å². The fraction of sp³-hybridized carbons (Fsp3) is 0.944. The fourth-order valence-corrected chi connectivity index (χ4v) is 6.01. The summed E-state index contributed by atoms with van der Waals surface area (Å²) in [5.74, 6) is 2.23. The molecule has 1 amide bonds. The van der Waals surface area contributed by atoms with Crippen LogP contribution >= 0.6 is 0 Å². The summed E-state index contributed by atoms with van der Waals surface area (Å²) >= 11 is 0. The molecular formula is C18H31NO2. The Morgan fingerprint density at radius 2 is 1.86 bits per heavy atom. The fourth-order valence-electron chi connectivity index (χ4n) is 6.01. The van der Waals surface area contributed by atoms with Crippen molar-refractivity contribution in [1.29, 1.82) is 0 Å². The standard InChI is InChI=1S/C18H31NO2/c1-12(2)4-15(20)10-19-16(21)18-8-13-5-14(9-18)7-17(3,6-13)11-18/h12-15,20H,4-11H2,1-3H3,(H,19,21). The zero-order chi connectivity index (χ0) is 15.3. The van der Waals surface area contributed by atoms with E-state index in [-0.39, 0.29) is 11.3 Å². The Hall–Kier alpha value is -0.570. The molecule has 0 aromatic rings. The maximum atomic E-state index is 12.8. The van der Waals surface area contributed by atoms with Gasteiger partial charge in [-0.2, -0.15) is 0 Å². The molecule has 0 aromatic carbocycles. The maximum absolute atomic E-state index is 12.8. The van der Waals surface area contributed by atoms with E-state index in [1.54, 1.807) is 0 Å². The van der Waals surface area contributed by atoms with Crippen molar-refractivity contribution in [2.24, 2.45) is 28.6 Å². The highest BCUT2D eigenvalue weighted by atomic mass is 16.3. The molecule has 0 spiro atoms. The van der Waals surface area contributed by atoms with Crippen LogP contribution in [0.1, 0.15) is 65.7 Å². The summed E-state index contributed by atoms with van der Waals surface area (Å²) in [6.45, 7) is 7.01. The number of hydrogen-bond acceptors (Lipinski definition) is 2. The number of amides is 1. The molecule has 4 saturated carbocycles. The topological polar surface area (TPSA) is 49.3 Å². The molecule has 3 nitrogen and oxygen atoms in total. The number of rotatable bonds is 5. The van der Waals surface area contributed by atoms with Gasteiger partial charge in [-0.1, -0.05) is 20.8 Å². The molecule has 21 heavy (non-hydrogen) atoms. The SMILES string of the molecule is CC(C)CC(O)CNC(=O)C12CC3CC(CC(C)(C3)C1)C2. The van der Waals surface area contributed by atoms with Crippen LogP contribution in [0, 0.1) is 28.6 Å². The van der Waals surface area contributed by atoms with Gasteiger partial charge in [0.2, 0.25) is 5.91 Å². The lowest BCUT2D eigenvalue weighted by Crippen LogP contribution is -2.57. The summed E-state index contributed by atoms with van der Waals surface area (Å²) in [5, 5.41) is 13.1. The van der Waals surface area contributed by atoms with Crippen molar-refractivity contribution < 1.29 is 9.90 Å². The van der Waals surface area contributed by atoms with E-state index in [1.807, 2.05) is 0 Å². The molecule has 3 heteroatoms. The molecule has 4 aliphatic carbocycles. The third kappa shape index (κ3) is 2.99. The average Bonchev–Trinajstić information content (AvgIpc) is 2.31. The van der Waals surface area contributed by atoms with E-state index in [0.717, 1.165) is 37.5 Å². The van der Waals surface area contributed by atoms with Crippen molar-refractivity contribution in [3.8, 4) is 0 Å². The van der Waals surface area contributed by atoms with Gasteiger partial charge >= 0.3 is 0 Å². The van der Waals surface area contributed by atoms with Gasteiger partial charge in [-0.05, 0) is 68.1 Å². The highest BCUT2D eigenvalue weighted by Gasteiger charge is 2.58. The highest BCUT2D eigenvalue weighted by molar-refractivity contribution is 5.83.